The quantitative estimate of drug-likeness (QED) is 0.658. The predicted octanol–water partition coefficient (Wildman–Crippen LogP) is 5.47. The minimum atomic E-state index is -0.913. The Hall–Kier alpha value is -1.84. The van der Waals surface area contributed by atoms with Crippen molar-refractivity contribution in [3.63, 3.8) is 0 Å². The molecular weight excluding hydrogens is 304 g/mol. The second-order valence-electron chi connectivity index (χ2n) is 6.20. The van der Waals surface area contributed by atoms with Crippen molar-refractivity contribution in [2.75, 3.05) is 0 Å². The average Bonchev–Trinajstić information content (AvgIpc) is 2.48. The first kappa shape index (κ1) is 16.0. The monoisotopic (exact) mass is 322 g/mol. The number of halogens is 4. The van der Waals surface area contributed by atoms with Crippen LogP contribution in [-0.4, -0.2) is 0 Å². The van der Waals surface area contributed by atoms with E-state index in [4.69, 9.17) is 0 Å². The normalized spacial score (nSPS) is 17.2. The lowest BCUT2D eigenvalue weighted by atomic mass is 9.79. The topological polar surface area (TPSA) is 0 Å². The minimum Gasteiger partial charge on any atom is -0.207 e. The number of benzene rings is 2. The Morgan fingerprint density at radius 2 is 1.48 bits per heavy atom. The van der Waals surface area contributed by atoms with Crippen LogP contribution in [0.25, 0.3) is 0 Å². The smallest absolute Gasteiger partial charge is 0.159 e. The van der Waals surface area contributed by atoms with E-state index in [9.17, 15) is 17.6 Å². The molecule has 23 heavy (non-hydrogen) atoms. The van der Waals surface area contributed by atoms with Gasteiger partial charge in [0, 0.05) is 5.56 Å². The zero-order valence-corrected chi connectivity index (χ0v) is 12.9. The molecule has 0 saturated carbocycles. The van der Waals surface area contributed by atoms with Gasteiger partial charge in [-0.15, -0.1) is 0 Å². The fraction of sp³-hybridized carbons (Fsp3) is 0.368. The van der Waals surface area contributed by atoms with Gasteiger partial charge < -0.3 is 0 Å². The van der Waals surface area contributed by atoms with Crippen LogP contribution in [0.15, 0.2) is 24.3 Å². The molecule has 1 atom stereocenters. The Morgan fingerprint density at radius 1 is 0.870 bits per heavy atom. The van der Waals surface area contributed by atoms with Crippen molar-refractivity contribution in [3.8, 4) is 0 Å². The molecule has 2 aromatic rings. The van der Waals surface area contributed by atoms with Gasteiger partial charge in [-0.25, -0.2) is 17.6 Å². The summed E-state index contributed by atoms with van der Waals surface area (Å²) in [6, 6.07) is 5.13. The van der Waals surface area contributed by atoms with Crippen molar-refractivity contribution in [1.82, 2.24) is 0 Å². The lowest BCUT2D eigenvalue weighted by molar-refractivity contribution is 0.476. The SMILES string of the molecule is CCCc1cc(F)c(C2CCc3cc(F)c(F)cc3C2)c(F)c1. The van der Waals surface area contributed by atoms with Gasteiger partial charge in [-0.05, 0) is 72.6 Å². The first-order valence-electron chi connectivity index (χ1n) is 7.94. The van der Waals surface area contributed by atoms with Crippen LogP contribution in [0.2, 0.25) is 0 Å². The van der Waals surface area contributed by atoms with Gasteiger partial charge >= 0.3 is 0 Å². The summed E-state index contributed by atoms with van der Waals surface area (Å²) >= 11 is 0. The molecule has 1 unspecified atom stereocenters. The van der Waals surface area contributed by atoms with Crippen LogP contribution >= 0.6 is 0 Å². The number of fused-ring (bicyclic) bond motifs is 1. The number of hydrogen-bond acceptors (Lipinski definition) is 0. The molecule has 0 nitrogen and oxygen atoms in total. The second-order valence-corrected chi connectivity index (χ2v) is 6.20. The maximum absolute atomic E-state index is 14.4. The standard InChI is InChI=1S/C19H18F4/c1-2-3-11-6-17(22)19(18(23)7-11)13-5-4-12-9-15(20)16(21)10-14(12)8-13/h6-7,9-10,13H,2-5,8H2,1H3. The molecule has 0 radical (unpaired) electrons. The van der Waals surface area contributed by atoms with E-state index >= 15 is 0 Å². The Kier molecular flexibility index (Phi) is 4.42. The number of aryl methyl sites for hydroxylation is 2. The van der Waals surface area contributed by atoms with Gasteiger partial charge in [-0.1, -0.05) is 13.3 Å². The van der Waals surface area contributed by atoms with Crippen molar-refractivity contribution in [1.29, 1.82) is 0 Å². The zero-order chi connectivity index (χ0) is 16.6. The van der Waals surface area contributed by atoms with E-state index in [0.717, 1.165) is 18.1 Å². The molecule has 0 N–H and O–H groups in total. The van der Waals surface area contributed by atoms with E-state index in [-0.39, 0.29) is 11.5 Å². The first-order chi connectivity index (χ1) is 11.0. The van der Waals surface area contributed by atoms with Gasteiger partial charge in [-0.2, -0.15) is 0 Å². The van der Waals surface area contributed by atoms with Crippen molar-refractivity contribution < 1.29 is 17.6 Å². The van der Waals surface area contributed by atoms with Gasteiger partial charge in [0.05, 0.1) is 0 Å². The molecule has 0 aromatic heterocycles. The van der Waals surface area contributed by atoms with Crippen LogP contribution in [-0.2, 0) is 19.3 Å². The molecule has 122 valence electrons. The molecule has 0 saturated heterocycles. The van der Waals surface area contributed by atoms with Crippen molar-refractivity contribution in [2.24, 2.45) is 0 Å². The molecular formula is C19H18F4. The van der Waals surface area contributed by atoms with E-state index < -0.39 is 23.3 Å². The zero-order valence-electron chi connectivity index (χ0n) is 12.9. The fourth-order valence-electron chi connectivity index (χ4n) is 3.46. The van der Waals surface area contributed by atoms with Crippen LogP contribution in [0.1, 0.15) is 47.9 Å². The van der Waals surface area contributed by atoms with Gasteiger partial charge in [0.15, 0.2) is 11.6 Å². The molecule has 0 aliphatic heterocycles. The lowest BCUT2D eigenvalue weighted by Crippen LogP contribution is -2.16. The van der Waals surface area contributed by atoms with Crippen LogP contribution in [0, 0.1) is 23.3 Å². The Morgan fingerprint density at radius 3 is 2.09 bits per heavy atom. The molecule has 0 amide bonds. The van der Waals surface area contributed by atoms with E-state index in [1.165, 1.54) is 18.2 Å². The van der Waals surface area contributed by atoms with Crippen LogP contribution < -0.4 is 0 Å². The molecule has 0 fully saturated rings. The Balaban J connectivity index is 1.93. The lowest BCUT2D eigenvalue weighted by Gasteiger charge is -2.26. The molecule has 4 heteroatoms. The third kappa shape index (κ3) is 3.12. The summed E-state index contributed by atoms with van der Waals surface area (Å²) in [5.74, 6) is -3.20. The van der Waals surface area contributed by atoms with Crippen molar-refractivity contribution >= 4 is 0 Å². The first-order valence-corrected chi connectivity index (χ1v) is 7.94. The van der Waals surface area contributed by atoms with Crippen LogP contribution in [0.3, 0.4) is 0 Å². The van der Waals surface area contributed by atoms with Crippen molar-refractivity contribution in [2.45, 2.75) is 44.9 Å². The highest BCUT2D eigenvalue weighted by molar-refractivity contribution is 5.37. The van der Waals surface area contributed by atoms with Crippen LogP contribution in [0.4, 0.5) is 17.6 Å². The average molecular weight is 322 g/mol. The van der Waals surface area contributed by atoms with Gasteiger partial charge in [0.25, 0.3) is 0 Å². The Bertz CT molecular complexity index is 713. The summed E-state index contributed by atoms with van der Waals surface area (Å²) in [4.78, 5) is 0. The highest BCUT2D eigenvalue weighted by Gasteiger charge is 2.26. The summed E-state index contributed by atoms with van der Waals surface area (Å²) in [6.07, 6.45) is 2.80. The largest absolute Gasteiger partial charge is 0.207 e. The van der Waals surface area contributed by atoms with Gasteiger partial charge in [0.1, 0.15) is 11.6 Å². The summed E-state index contributed by atoms with van der Waals surface area (Å²) in [5.41, 5.74) is 2.08. The third-order valence-electron chi connectivity index (χ3n) is 4.56. The summed E-state index contributed by atoms with van der Waals surface area (Å²) < 4.78 is 55.4. The molecule has 2 aromatic carbocycles. The van der Waals surface area contributed by atoms with E-state index in [1.807, 2.05) is 6.92 Å². The molecule has 0 spiro atoms. The predicted molar refractivity (Wildman–Crippen MR) is 81.5 cm³/mol. The Labute approximate surface area is 133 Å². The van der Waals surface area contributed by atoms with E-state index in [0.29, 0.717) is 36.8 Å². The van der Waals surface area contributed by atoms with Crippen molar-refractivity contribution in [3.05, 3.63) is 69.8 Å². The molecule has 0 heterocycles. The minimum absolute atomic E-state index is 0.0697. The maximum atomic E-state index is 14.4. The molecule has 0 bridgehead atoms. The highest BCUT2D eigenvalue weighted by Crippen LogP contribution is 2.36. The van der Waals surface area contributed by atoms with E-state index in [1.54, 1.807) is 0 Å². The summed E-state index contributed by atoms with van der Waals surface area (Å²) in [5, 5.41) is 0. The number of rotatable bonds is 3. The number of hydrogen-bond donors (Lipinski definition) is 0. The summed E-state index contributed by atoms with van der Waals surface area (Å²) in [6.45, 7) is 1.95. The maximum Gasteiger partial charge on any atom is 0.159 e. The third-order valence-corrected chi connectivity index (χ3v) is 4.56. The van der Waals surface area contributed by atoms with E-state index in [2.05, 4.69) is 0 Å². The fourth-order valence-corrected chi connectivity index (χ4v) is 3.46. The van der Waals surface area contributed by atoms with Crippen LogP contribution in [0.5, 0.6) is 0 Å². The molecule has 3 rings (SSSR count). The van der Waals surface area contributed by atoms with Gasteiger partial charge in [0.2, 0.25) is 0 Å². The molecule has 1 aliphatic carbocycles. The van der Waals surface area contributed by atoms with Gasteiger partial charge in [-0.3, -0.25) is 0 Å². The highest BCUT2D eigenvalue weighted by atomic mass is 19.2. The second kappa shape index (κ2) is 6.34. The molecule has 1 aliphatic rings. The summed E-state index contributed by atoms with van der Waals surface area (Å²) in [7, 11) is 0.